The van der Waals surface area contributed by atoms with Crippen molar-refractivity contribution < 1.29 is 14.3 Å². The van der Waals surface area contributed by atoms with Crippen molar-refractivity contribution in [2.45, 2.75) is 32.8 Å². The normalized spacial score (nSPS) is 12.0. The van der Waals surface area contributed by atoms with E-state index in [2.05, 4.69) is 17.0 Å². The first-order valence-electron chi connectivity index (χ1n) is 10.5. The number of ketones is 1. The van der Waals surface area contributed by atoms with Crippen LogP contribution in [0.5, 0.6) is 0 Å². The Morgan fingerprint density at radius 1 is 1.06 bits per heavy atom. The molecule has 162 valence electrons. The molecule has 5 nitrogen and oxygen atoms in total. The number of rotatable bonds is 7. The fourth-order valence-electron chi connectivity index (χ4n) is 3.70. The number of carbonyl (C=O) groups is 1. The summed E-state index contributed by atoms with van der Waals surface area (Å²) in [6.07, 6.45) is 2.97. The van der Waals surface area contributed by atoms with Gasteiger partial charge in [-0.1, -0.05) is 25.1 Å². The topological polar surface area (TPSA) is 68.0 Å². The molecule has 0 aliphatic heterocycles. The lowest BCUT2D eigenvalue weighted by Gasteiger charge is -2.13. The fourth-order valence-corrected chi connectivity index (χ4v) is 3.70. The summed E-state index contributed by atoms with van der Waals surface area (Å²) in [6.45, 7) is 3.89. The second-order valence-corrected chi connectivity index (χ2v) is 7.74. The van der Waals surface area contributed by atoms with Crippen molar-refractivity contribution in [1.82, 2.24) is 14.8 Å². The molecule has 32 heavy (non-hydrogen) atoms. The summed E-state index contributed by atoms with van der Waals surface area (Å²) in [5.41, 5.74) is 4.43. The van der Waals surface area contributed by atoms with E-state index < -0.39 is 11.9 Å². The van der Waals surface area contributed by atoms with E-state index >= 15 is 0 Å². The lowest BCUT2D eigenvalue weighted by molar-refractivity contribution is 0.0984. The Bertz CT molecular complexity index is 1250. The minimum Gasteiger partial charge on any atom is -0.384 e. The Morgan fingerprint density at radius 2 is 1.84 bits per heavy atom. The molecule has 0 radical (unpaired) electrons. The Balaban J connectivity index is 1.64. The molecule has 0 amide bonds. The van der Waals surface area contributed by atoms with E-state index in [1.54, 1.807) is 41.3 Å². The number of hydrogen-bond acceptors (Lipinski definition) is 4. The molecule has 4 aromatic rings. The molecule has 2 heterocycles. The number of aromatic nitrogens is 3. The SMILES string of the molecule is CCc1cccc(-n2nc(C)cc2C(=O)Cc2cc(C(O)c3ccncc3)ccc2F)c1. The zero-order chi connectivity index (χ0) is 22.7. The third-order valence-corrected chi connectivity index (χ3v) is 5.44. The van der Waals surface area contributed by atoms with Crippen LogP contribution in [0.2, 0.25) is 0 Å². The predicted molar refractivity (Wildman–Crippen MR) is 120 cm³/mol. The number of aliphatic hydroxyl groups excluding tert-OH is 1. The van der Waals surface area contributed by atoms with E-state index in [1.807, 2.05) is 31.2 Å². The summed E-state index contributed by atoms with van der Waals surface area (Å²) < 4.78 is 16.2. The first-order valence-corrected chi connectivity index (χ1v) is 10.5. The molecule has 1 unspecified atom stereocenters. The molecule has 0 spiro atoms. The van der Waals surface area contributed by atoms with Crippen LogP contribution in [0, 0.1) is 12.7 Å². The quantitative estimate of drug-likeness (QED) is 0.429. The number of aryl methyl sites for hydroxylation is 2. The van der Waals surface area contributed by atoms with Crippen molar-refractivity contribution >= 4 is 5.78 Å². The molecule has 1 atom stereocenters. The van der Waals surface area contributed by atoms with Crippen molar-refractivity contribution in [3.05, 3.63) is 113 Å². The minimum absolute atomic E-state index is 0.138. The molecule has 1 N–H and O–H groups in total. The Labute approximate surface area is 186 Å². The van der Waals surface area contributed by atoms with Crippen LogP contribution in [0.25, 0.3) is 5.69 Å². The molecule has 0 aliphatic rings. The van der Waals surface area contributed by atoms with Crippen molar-refractivity contribution in [3.63, 3.8) is 0 Å². The lowest BCUT2D eigenvalue weighted by Crippen LogP contribution is -2.13. The highest BCUT2D eigenvalue weighted by atomic mass is 19.1. The number of nitrogens with zero attached hydrogens (tertiary/aromatic N) is 3. The molecule has 4 rings (SSSR count). The summed E-state index contributed by atoms with van der Waals surface area (Å²) in [5.74, 6) is -0.734. The van der Waals surface area contributed by atoms with E-state index in [4.69, 9.17) is 0 Å². The minimum atomic E-state index is -0.933. The van der Waals surface area contributed by atoms with Crippen molar-refractivity contribution in [2.75, 3.05) is 0 Å². The summed E-state index contributed by atoms with van der Waals surface area (Å²) in [4.78, 5) is 17.1. The van der Waals surface area contributed by atoms with Gasteiger partial charge >= 0.3 is 0 Å². The molecule has 0 bridgehead atoms. The second-order valence-electron chi connectivity index (χ2n) is 7.74. The van der Waals surface area contributed by atoms with Crippen LogP contribution >= 0.6 is 0 Å². The predicted octanol–water partition coefficient (Wildman–Crippen LogP) is 4.78. The summed E-state index contributed by atoms with van der Waals surface area (Å²) in [5, 5.41) is 15.1. The van der Waals surface area contributed by atoms with Gasteiger partial charge in [0.05, 0.1) is 11.4 Å². The number of benzene rings is 2. The maximum atomic E-state index is 14.6. The summed E-state index contributed by atoms with van der Waals surface area (Å²) in [7, 11) is 0. The van der Waals surface area contributed by atoms with Gasteiger partial charge in [-0.05, 0) is 78.1 Å². The molecule has 2 aromatic heterocycles. The third kappa shape index (κ3) is 4.50. The molecule has 0 saturated heterocycles. The van der Waals surface area contributed by atoms with Gasteiger partial charge in [-0.3, -0.25) is 9.78 Å². The number of hydrogen-bond donors (Lipinski definition) is 1. The van der Waals surface area contributed by atoms with Gasteiger partial charge in [-0.25, -0.2) is 9.07 Å². The van der Waals surface area contributed by atoms with Crippen LogP contribution in [-0.2, 0) is 12.8 Å². The maximum absolute atomic E-state index is 14.6. The van der Waals surface area contributed by atoms with E-state index in [1.165, 1.54) is 12.1 Å². The highest BCUT2D eigenvalue weighted by Gasteiger charge is 2.19. The zero-order valence-corrected chi connectivity index (χ0v) is 18.0. The average molecular weight is 429 g/mol. The van der Waals surface area contributed by atoms with Gasteiger partial charge in [0, 0.05) is 18.8 Å². The number of aliphatic hydroxyl groups is 1. The highest BCUT2D eigenvalue weighted by molar-refractivity contribution is 5.96. The van der Waals surface area contributed by atoms with Crippen molar-refractivity contribution in [1.29, 1.82) is 0 Å². The van der Waals surface area contributed by atoms with Gasteiger partial charge in [0.2, 0.25) is 0 Å². The van der Waals surface area contributed by atoms with E-state index in [0.29, 0.717) is 22.5 Å². The van der Waals surface area contributed by atoms with Gasteiger partial charge in [-0.15, -0.1) is 0 Å². The lowest BCUT2D eigenvalue weighted by atomic mass is 9.97. The number of halogens is 1. The van der Waals surface area contributed by atoms with Gasteiger partial charge in [0.25, 0.3) is 0 Å². The fraction of sp³-hybridized carbons (Fsp3) is 0.192. The van der Waals surface area contributed by atoms with Crippen LogP contribution in [0.4, 0.5) is 4.39 Å². The monoisotopic (exact) mass is 429 g/mol. The smallest absolute Gasteiger partial charge is 0.185 e. The average Bonchev–Trinajstić information content (AvgIpc) is 3.22. The van der Waals surface area contributed by atoms with Crippen LogP contribution in [0.15, 0.2) is 73.1 Å². The summed E-state index contributed by atoms with van der Waals surface area (Å²) >= 11 is 0. The van der Waals surface area contributed by atoms with Crippen molar-refractivity contribution in [2.24, 2.45) is 0 Å². The molecular formula is C26H24FN3O2. The van der Waals surface area contributed by atoms with Gasteiger partial charge in [0.1, 0.15) is 17.6 Å². The first-order chi connectivity index (χ1) is 15.5. The summed E-state index contributed by atoms with van der Waals surface area (Å²) in [6, 6.07) is 17.3. The highest BCUT2D eigenvalue weighted by Crippen LogP contribution is 2.25. The largest absolute Gasteiger partial charge is 0.384 e. The van der Waals surface area contributed by atoms with Crippen LogP contribution in [0.1, 0.15) is 51.5 Å². The number of pyridine rings is 1. The van der Waals surface area contributed by atoms with Crippen LogP contribution < -0.4 is 0 Å². The van der Waals surface area contributed by atoms with Crippen LogP contribution in [0.3, 0.4) is 0 Å². The third-order valence-electron chi connectivity index (χ3n) is 5.44. The Morgan fingerprint density at radius 3 is 2.59 bits per heavy atom. The molecular weight excluding hydrogens is 405 g/mol. The molecule has 0 fully saturated rings. The van der Waals surface area contributed by atoms with E-state index in [0.717, 1.165) is 17.7 Å². The Kier molecular flexibility index (Phi) is 6.23. The van der Waals surface area contributed by atoms with Crippen LogP contribution in [-0.4, -0.2) is 25.7 Å². The number of Topliss-reactive ketones (excluding diaryl/α,β-unsaturated/α-hetero) is 1. The number of carbonyl (C=O) groups excluding carboxylic acids is 1. The standard InChI is InChI=1S/C26H24FN3O2/c1-3-18-5-4-6-22(14-18)30-24(13-17(2)29-30)25(31)16-21-15-20(7-8-23(21)27)26(32)19-9-11-28-12-10-19/h4-15,26,32H,3,16H2,1-2H3. The molecule has 0 aliphatic carbocycles. The Hall–Kier alpha value is -3.64. The van der Waals surface area contributed by atoms with Crippen molar-refractivity contribution in [3.8, 4) is 5.69 Å². The molecule has 2 aromatic carbocycles. The molecule has 0 saturated carbocycles. The van der Waals surface area contributed by atoms with E-state index in [9.17, 15) is 14.3 Å². The zero-order valence-electron chi connectivity index (χ0n) is 18.0. The maximum Gasteiger partial charge on any atom is 0.185 e. The second kappa shape index (κ2) is 9.24. The van der Waals surface area contributed by atoms with Gasteiger partial charge < -0.3 is 5.11 Å². The van der Waals surface area contributed by atoms with Gasteiger partial charge in [0.15, 0.2) is 5.78 Å². The molecule has 6 heteroatoms. The van der Waals surface area contributed by atoms with Gasteiger partial charge in [-0.2, -0.15) is 5.10 Å². The first kappa shape index (κ1) is 21.6. The van der Waals surface area contributed by atoms with E-state index in [-0.39, 0.29) is 17.8 Å².